The van der Waals surface area contributed by atoms with Gasteiger partial charge < -0.3 is 46.1 Å². The lowest BCUT2D eigenvalue weighted by molar-refractivity contribution is -0.928. The highest BCUT2D eigenvalue weighted by atomic mass is 35.5. The molecule has 3 aliphatic rings. The van der Waals surface area contributed by atoms with Gasteiger partial charge in [0.15, 0.2) is 22.3 Å². The van der Waals surface area contributed by atoms with Crippen molar-refractivity contribution in [1.82, 2.24) is 20.5 Å². The maximum absolute atomic E-state index is 13.5. The number of anilines is 1. The van der Waals surface area contributed by atoms with Gasteiger partial charge in [0.25, 0.3) is 17.7 Å². The molecule has 274 valence electrons. The molecule has 3 amide bonds. The van der Waals surface area contributed by atoms with Crippen molar-refractivity contribution in [3.05, 3.63) is 45.1 Å². The fourth-order valence-corrected chi connectivity index (χ4v) is 8.54. The van der Waals surface area contributed by atoms with Crippen LogP contribution in [-0.2, 0) is 24.0 Å². The van der Waals surface area contributed by atoms with Crippen LogP contribution >= 0.6 is 34.7 Å². The molecular weight excluding hydrogens is 730 g/mol. The number of thiazole rings is 1. The molecule has 51 heavy (non-hydrogen) atoms. The van der Waals surface area contributed by atoms with Crippen molar-refractivity contribution in [3.63, 3.8) is 0 Å². The molecule has 0 aliphatic carbocycles. The molecule has 2 aromatic rings. The first-order valence-corrected chi connectivity index (χ1v) is 18.2. The van der Waals surface area contributed by atoms with Gasteiger partial charge in [0.2, 0.25) is 6.10 Å². The summed E-state index contributed by atoms with van der Waals surface area (Å²) in [6.45, 7) is 4.16. The molecule has 1 aromatic carbocycles. The Labute approximate surface area is 304 Å². The summed E-state index contributed by atoms with van der Waals surface area (Å²) in [5.74, 6) is -5.04. The third kappa shape index (κ3) is 8.32. The number of oxime groups is 1. The van der Waals surface area contributed by atoms with E-state index < -0.39 is 58.6 Å². The van der Waals surface area contributed by atoms with Gasteiger partial charge in [0.1, 0.15) is 33.7 Å². The number of thioether (sulfide) groups is 1. The number of hydrogen-bond donors (Lipinski definition) is 7. The van der Waals surface area contributed by atoms with Gasteiger partial charge in [-0.3, -0.25) is 19.3 Å². The molecule has 0 radical (unpaired) electrons. The molecule has 5 rings (SSSR count). The zero-order chi connectivity index (χ0) is 37.0. The van der Waals surface area contributed by atoms with Crippen LogP contribution in [0, 0.1) is 0 Å². The average Bonchev–Trinajstić information content (AvgIpc) is 3.43. The average molecular weight is 767 g/mol. The Hall–Kier alpha value is -4.59. The highest BCUT2D eigenvalue weighted by molar-refractivity contribution is 8.00. The zero-order valence-electron chi connectivity index (χ0n) is 27.3. The molecule has 1 aromatic heterocycles. The summed E-state index contributed by atoms with van der Waals surface area (Å²) in [6.07, 6.45) is 2.08. The Balaban J connectivity index is 1.28. The van der Waals surface area contributed by atoms with E-state index in [9.17, 15) is 39.3 Å². The first-order chi connectivity index (χ1) is 24.2. The number of carboxylic acid groups (broad SMARTS) is 2. The number of halogens is 1. The Kier molecular flexibility index (Phi) is 11.6. The lowest BCUT2D eigenvalue weighted by atomic mass is 10.00. The van der Waals surface area contributed by atoms with Crippen LogP contribution in [0.2, 0.25) is 4.34 Å². The van der Waals surface area contributed by atoms with Gasteiger partial charge in [0, 0.05) is 29.9 Å². The molecular formula is C31H37ClN7O10S2+. The lowest BCUT2D eigenvalue weighted by Crippen LogP contribution is -2.71. The minimum atomic E-state index is -1.43. The maximum atomic E-state index is 13.5. The number of nitrogens with zero attached hydrogens (tertiary/aromatic N) is 4. The summed E-state index contributed by atoms with van der Waals surface area (Å²) in [6, 6.07) is 2.69. The van der Waals surface area contributed by atoms with Gasteiger partial charge >= 0.3 is 11.9 Å². The normalized spacial score (nSPS) is 20.5. The van der Waals surface area contributed by atoms with Gasteiger partial charge in [0.05, 0.1) is 19.6 Å². The summed E-state index contributed by atoms with van der Waals surface area (Å²) in [7, 11) is 0. The number of aromatic nitrogens is 1. The minimum absolute atomic E-state index is 0.00778. The van der Waals surface area contributed by atoms with E-state index in [1.165, 1.54) is 41.8 Å². The van der Waals surface area contributed by atoms with Gasteiger partial charge in [-0.05, 0) is 44.4 Å². The summed E-state index contributed by atoms with van der Waals surface area (Å²) in [5.41, 5.74) is 5.72. The third-order valence-electron chi connectivity index (χ3n) is 8.85. The summed E-state index contributed by atoms with van der Waals surface area (Å²) in [5, 5.41) is 47.0. The van der Waals surface area contributed by atoms with Gasteiger partial charge in [-0.25, -0.2) is 14.6 Å². The number of benzene rings is 1. The molecule has 2 unspecified atom stereocenters. The smallest absolute Gasteiger partial charge is 0.352 e. The number of phenolic OH excluding ortho intramolecular Hbond substituents is 2. The summed E-state index contributed by atoms with van der Waals surface area (Å²) in [4.78, 5) is 73.5. The second kappa shape index (κ2) is 15.7. The first kappa shape index (κ1) is 37.7. The molecule has 8 N–H and O–H groups in total. The molecule has 2 fully saturated rings. The number of fused-ring (bicyclic) bond motifs is 1. The van der Waals surface area contributed by atoms with Crippen LogP contribution in [0.5, 0.6) is 11.5 Å². The highest BCUT2D eigenvalue weighted by Gasteiger charge is 2.55. The zero-order valence-corrected chi connectivity index (χ0v) is 29.7. The maximum Gasteiger partial charge on any atom is 0.352 e. The second-order valence-electron chi connectivity index (χ2n) is 12.4. The largest absolute Gasteiger partial charge is 0.504 e. The quantitative estimate of drug-likeness (QED) is 0.0360. The molecule has 3 atom stereocenters. The van der Waals surface area contributed by atoms with E-state index in [2.05, 4.69) is 20.8 Å². The number of phenols is 2. The number of aliphatic carboxylic acids is 2. The number of nitrogen functional groups attached to an aromatic ring is 1. The molecule has 0 bridgehead atoms. The van der Waals surface area contributed by atoms with Crippen molar-refractivity contribution in [2.45, 2.75) is 50.1 Å². The monoisotopic (exact) mass is 766 g/mol. The number of piperidine rings is 1. The molecule has 17 nitrogen and oxygen atoms in total. The van der Waals surface area contributed by atoms with Crippen LogP contribution in [0.3, 0.4) is 0 Å². The predicted molar refractivity (Wildman–Crippen MR) is 186 cm³/mol. The molecule has 0 saturated carbocycles. The van der Waals surface area contributed by atoms with E-state index in [1.807, 2.05) is 0 Å². The fourth-order valence-electron chi connectivity index (χ4n) is 6.28. The van der Waals surface area contributed by atoms with E-state index in [0.717, 1.165) is 43.7 Å². The number of carbonyl (C=O) groups is 5. The van der Waals surface area contributed by atoms with Crippen LogP contribution in [0.15, 0.2) is 34.6 Å². The number of carbonyl (C=O) groups excluding carboxylic acids is 3. The van der Waals surface area contributed by atoms with E-state index in [-0.39, 0.29) is 37.9 Å². The van der Waals surface area contributed by atoms with E-state index in [0.29, 0.717) is 36.1 Å². The van der Waals surface area contributed by atoms with Crippen LogP contribution in [0.1, 0.15) is 48.7 Å². The van der Waals surface area contributed by atoms with E-state index in [1.54, 1.807) is 0 Å². The predicted octanol–water partition coefficient (Wildman–Crippen LogP) is 1.54. The van der Waals surface area contributed by atoms with Crippen molar-refractivity contribution in [2.24, 2.45) is 5.16 Å². The second-order valence-corrected chi connectivity index (χ2v) is 15.1. The van der Waals surface area contributed by atoms with E-state index >= 15 is 0 Å². The van der Waals surface area contributed by atoms with Crippen LogP contribution in [0.25, 0.3) is 0 Å². The number of aromatic hydroxyl groups is 2. The van der Waals surface area contributed by atoms with Gasteiger partial charge in [-0.15, -0.1) is 11.8 Å². The Morgan fingerprint density at radius 2 is 1.90 bits per heavy atom. The van der Waals surface area contributed by atoms with Crippen LogP contribution < -0.4 is 16.4 Å². The molecule has 4 heterocycles. The Morgan fingerprint density at radius 1 is 1.18 bits per heavy atom. The topological polar surface area (TPSA) is 254 Å². The van der Waals surface area contributed by atoms with Crippen LogP contribution in [0.4, 0.5) is 5.13 Å². The van der Waals surface area contributed by atoms with Crippen molar-refractivity contribution in [2.75, 3.05) is 44.2 Å². The number of nitrogens with one attached hydrogen (secondary N) is 2. The number of quaternary nitrogens is 1. The number of likely N-dealkylation sites (tertiary alicyclic amines) is 1. The third-order valence-corrected chi connectivity index (χ3v) is 11.3. The number of carboxylic acids is 2. The van der Waals surface area contributed by atoms with Crippen LogP contribution in [-0.4, -0.2) is 126 Å². The SMILES string of the molecule is C[C@H](O/N=C(\C(=O)NC1C(=O)N2C(C(=O)O)=C(C[N+]3(CCCNC(=O)c4ccc(O)c(O)c4)CCCCC3)CSC12)c1nc(N)sc1Cl)C(=O)O. The van der Waals surface area contributed by atoms with Gasteiger partial charge in [-0.1, -0.05) is 28.1 Å². The summed E-state index contributed by atoms with van der Waals surface area (Å²) < 4.78 is 0.568. The Bertz CT molecular complexity index is 1800. The number of nitrogens with two attached hydrogens (primary N) is 1. The molecule has 0 spiro atoms. The minimum Gasteiger partial charge on any atom is -0.504 e. The molecule has 2 saturated heterocycles. The fraction of sp³-hybridized carbons (Fsp3) is 0.452. The van der Waals surface area contributed by atoms with Crippen molar-refractivity contribution in [3.8, 4) is 11.5 Å². The number of amides is 3. The van der Waals surface area contributed by atoms with Gasteiger partial charge in [-0.2, -0.15) is 0 Å². The van der Waals surface area contributed by atoms with Crippen molar-refractivity contribution >= 4 is 75.2 Å². The first-order valence-electron chi connectivity index (χ1n) is 16.0. The number of hydrogen-bond acceptors (Lipinski definition) is 13. The lowest BCUT2D eigenvalue weighted by Gasteiger charge is -2.50. The van der Waals surface area contributed by atoms with Crippen molar-refractivity contribution in [1.29, 1.82) is 0 Å². The number of rotatable bonds is 14. The van der Waals surface area contributed by atoms with E-state index in [4.69, 9.17) is 27.3 Å². The standard InChI is InChI=1S/C31H36ClN7O10S2/c1-15(29(45)46)49-37-21(20-24(32)51-31(33)36-20)26(43)35-22-27(44)38-23(30(47)48)17(14-50-28(22)38)13-39(9-3-2-4-10-39)11-5-8-34-25(42)16-6-7-18(40)19(41)12-16/h6-7,12,15,22,28H,2-5,8-11,13-14H2,1H3,(H7-,33,34,35,36,37,40,41,42,43,45,46,47,48)/p+1/t15-,22?,28?/m0/s1. The molecule has 3 aliphatic heterocycles. The summed E-state index contributed by atoms with van der Waals surface area (Å²) >= 11 is 8.35. The molecule has 20 heteroatoms. The number of β-lactam (4-membered cyclic amide) rings is 1. The Morgan fingerprint density at radius 3 is 2.53 bits per heavy atom. The highest BCUT2D eigenvalue weighted by Crippen LogP contribution is 2.41. The van der Waals surface area contributed by atoms with Crippen molar-refractivity contribution < 1.29 is 53.7 Å².